The van der Waals surface area contributed by atoms with Crippen LogP contribution in [0, 0.1) is 5.82 Å². The van der Waals surface area contributed by atoms with Gasteiger partial charge in [0.2, 0.25) is 0 Å². The first kappa shape index (κ1) is 18.4. The van der Waals surface area contributed by atoms with Crippen molar-refractivity contribution in [3.63, 3.8) is 0 Å². The summed E-state index contributed by atoms with van der Waals surface area (Å²) in [5.74, 6) is -1.45. The van der Waals surface area contributed by atoms with Gasteiger partial charge in [0.15, 0.2) is 0 Å². The summed E-state index contributed by atoms with van der Waals surface area (Å²) in [6, 6.07) is 12.2. The fourth-order valence-corrected chi connectivity index (χ4v) is 3.06. The highest BCUT2D eigenvalue weighted by molar-refractivity contribution is 6.30. The monoisotopic (exact) mass is 393 g/mol. The second kappa shape index (κ2) is 7.59. The number of barbiturate groups is 1. The summed E-state index contributed by atoms with van der Waals surface area (Å²) in [7, 11) is 0. The van der Waals surface area contributed by atoms with Crippen molar-refractivity contribution in [3.05, 3.63) is 89.4 Å². The molecule has 7 nitrogen and oxygen atoms in total. The standard InChI is InChI=1S/C21H16FN3O4/c22-18-8-2-1-5-14(18)12-24-9-3-6-15(24)11-17-19(26)23-21(28)25(20(17)27)13-16-7-4-10-29-16/h1-11H,12-13H2,(H,23,26,28)/b17-11+. The van der Waals surface area contributed by atoms with Crippen LogP contribution in [-0.4, -0.2) is 27.3 Å². The Bertz CT molecular complexity index is 1110. The molecule has 146 valence electrons. The lowest BCUT2D eigenvalue weighted by atomic mass is 10.1. The average Bonchev–Trinajstić information content (AvgIpc) is 3.36. The second-order valence-electron chi connectivity index (χ2n) is 6.44. The van der Waals surface area contributed by atoms with Gasteiger partial charge >= 0.3 is 6.03 Å². The molecule has 0 spiro atoms. The summed E-state index contributed by atoms with van der Waals surface area (Å²) in [5, 5.41) is 2.16. The van der Waals surface area contributed by atoms with Crippen LogP contribution in [0.4, 0.5) is 9.18 Å². The van der Waals surface area contributed by atoms with Gasteiger partial charge < -0.3 is 8.98 Å². The van der Waals surface area contributed by atoms with Crippen molar-refractivity contribution in [2.75, 3.05) is 0 Å². The molecule has 1 fully saturated rings. The molecule has 3 heterocycles. The highest BCUT2D eigenvalue weighted by Crippen LogP contribution is 2.19. The van der Waals surface area contributed by atoms with E-state index in [1.165, 1.54) is 18.4 Å². The number of hydrogen-bond acceptors (Lipinski definition) is 4. The Hall–Kier alpha value is -3.94. The molecule has 8 heteroatoms. The molecule has 0 saturated carbocycles. The van der Waals surface area contributed by atoms with Gasteiger partial charge in [-0.15, -0.1) is 0 Å². The number of imide groups is 2. The summed E-state index contributed by atoms with van der Waals surface area (Å²) >= 11 is 0. The van der Waals surface area contributed by atoms with Crippen molar-refractivity contribution < 1.29 is 23.2 Å². The van der Waals surface area contributed by atoms with Gasteiger partial charge in [0, 0.05) is 17.5 Å². The van der Waals surface area contributed by atoms with Gasteiger partial charge in [-0.3, -0.25) is 19.8 Å². The summed E-state index contributed by atoms with van der Waals surface area (Å²) in [4.78, 5) is 38.1. The molecule has 4 rings (SSSR count). The van der Waals surface area contributed by atoms with Crippen molar-refractivity contribution in [2.24, 2.45) is 0 Å². The third kappa shape index (κ3) is 3.73. The van der Waals surface area contributed by atoms with E-state index in [4.69, 9.17) is 4.42 Å². The molecular formula is C21H16FN3O4. The molecule has 0 bridgehead atoms. The Kier molecular flexibility index (Phi) is 4.82. The quantitative estimate of drug-likeness (QED) is 0.534. The molecule has 1 saturated heterocycles. The molecule has 2 aromatic heterocycles. The van der Waals surface area contributed by atoms with Gasteiger partial charge in [0.05, 0.1) is 19.4 Å². The van der Waals surface area contributed by atoms with Gasteiger partial charge in [-0.2, -0.15) is 0 Å². The highest BCUT2D eigenvalue weighted by Gasteiger charge is 2.36. The van der Waals surface area contributed by atoms with Crippen LogP contribution in [0.1, 0.15) is 17.0 Å². The maximum Gasteiger partial charge on any atom is 0.331 e. The van der Waals surface area contributed by atoms with E-state index in [1.54, 1.807) is 53.2 Å². The molecule has 4 amide bonds. The zero-order valence-electron chi connectivity index (χ0n) is 15.2. The number of amides is 4. The normalized spacial score (nSPS) is 15.8. The fourth-order valence-electron chi connectivity index (χ4n) is 3.06. The van der Waals surface area contributed by atoms with Crippen molar-refractivity contribution in [2.45, 2.75) is 13.1 Å². The lowest BCUT2D eigenvalue weighted by molar-refractivity contribution is -0.130. The number of furan rings is 1. The number of hydrogen-bond donors (Lipinski definition) is 1. The number of carbonyl (C=O) groups is 3. The molecule has 29 heavy (non-hydrogen) atoms. The summed E-state index contributed by atoms with van der Waals surface area (Å²) < 4.78 is 20.9. The molecule has 1 aromatic carbocycles. The Morgan fingerprint density at radius 1 is 1.00 bits per heavy atom. The predicted octanol–water partition coefficient (Wildman–Crippen LogP) is 2.93. The summed E-state index contributed by atoms with van der Waals surface area (Å²) in [5.41, 5.74) is 0.807. The van der Waals surface area contributed by atoms with Crippen LogP contribution in [0.3, 0.4) is 0 Å². The maximum atomic E-state index is 14.0. The number of halogens is 1. The van der Waals surface area contributed by atoms with E-state index in [0.29, 0.717) is 17.0 Å². The van der Waals surface area contributed by atoms with Gasteiger partial charge in [-0.1, -0.05) is 18.2 Å². The zero-order chi connectivity index (χ0) is 20.4. The van der Waals surface area contributed by atoms with Crippen LogP contribution in [0.2, 0.25) is 0 Å². The van der Waals surface area contributed by atoms with E-state index >= 15 is 0 Å². The van der Waals surface area contributed by atoms with E-state index in [0.717, 1.165) is 4.90 Å². The second-order valence-corrected chi connectivity index (χ2v) is 6.44. The average molecular weight is 393 g/mol. The molecule has 3 aromatic rings. The third-order valence-electron chi connectivity index (χ3n) is 4.54. The van der Waals surface area contributed by atoms with E-state index < -0.39 is 17.8 Å². The first-order valence-corrected chi connectivity index (χ1v) is 8.83. The number of nitrogens with zero attached hydrogens (tertiary/aromatic N) is 2. The number of urea groups is 1. The largest absolute Gasteiger partial charge is 0.467 e. The molecule has 1 aliphatic heterocycles. The summed E-state index contributed by atoms with van der Waals surface area (Å²) in [6.07, 6.45) is 4.54. The maximum absolute atomic E-state index is 14.0. The molecule has 0 unspecified atom stereocenters. The minimum atomic E-state index is -0.810. The van der Waals surface area contributed by atoms with Crippen LogP contribution >= 0.6 is 0 Å². The van der Waals surface area contributed by atoms with Crippen molar-refractivity contribution in [3.8, 4) is 0 Å². The van der Waals surface area contributed by atoms with Crippen molar-refractivity contribution >= 4 is 23.9 Å². The minimum absolute atomic E-state index is 0.0987. The SMILES string of the molecule is O=C1NC(=O)N(Cc2ccco2)C(=O)/C1=C/c1cccn1Cc1ccccc1F. The number of aromatic nitrogens is 1. The number of benzene rings is 1. The van der Waals surface area contributed by atoms with E-state index in [1.807, 2.05) is 0 Å². The van der Waals surface area contributed by atoms with Gasteiger partial charge in [0.1, 0.15) is 17.2 Å². The van der Waals surface area contributed by atoms with E-state index in [2.05, 4.69) is 5.32 Å². The topological polar surface area (TPSA) is 84.6 Å². The summed E-state index contributed by atoms with van der Waals surface area (Å²) in [6.45, 7) is 0.127. The minimum Gasteiger partial charge on any atom is -0.467 e. The van der Waals surface area contributed by atoms with Gasteiger partial charge in [-0.05, 0) is 36.4 Å². The Balaban J connectivity index is 1.62. The lowest BCUT2D eigenvalue weighted by Gasteiger charge is -2.25. The first-order valence-electron chi connectivity index (χ1n) is 8.83. The van der Waals surface area contributed by atoms with Crippen molar-refractivity contribution in [1.82, 2.24) is 14.8 Å². The van der Waals surface area contributed by atoms with Crippen LogP contribution in [0.5, 0.6) is 0 Å². The molecule has 0 atom stereocenters. The number of rotatable bonds is 5. The zero-order valence-corrected chi connectivity index (χ0v) is 15.2. The fraction of sp³-hybridized carbons (Fsp3) is 0.0952. The predicted molar refractivity (Wildman–Crippen MR) is 101 cm³/mol. The molecular weight excluding hydrogens is 377 g/mol. The van der Waals surface area contributed by atoms with E-state index in [-0.39, 0.29) is 24.5 Å². The van der Waals surface area contributed by atoms with Crippen LogP contribution in [0.25, 0.3) is 6.08 Å². The highest BCUT2D eigenvalue weighted by atomic mass is 19.1. The molecule has 0 aliphatic carbocycles. The van der Waals surface area contributed by atoms with Crippen LogP contribution < -0.4 is 5.32 Å². The third-order valence-corrected chi connectivity index (χ3v) is 4.54. The Morgan fingerprint density at radius 3 is 2.59 bits per heavy atom. The molecule has 0 radical (unpaired) electrons. The lowest BCUT2D eigenvalue weighted by Crippen LogP contribution is -2.53. The number of nitrogens with one attached hydrogen (secondary N) is 1. The molecule has 1 N–H and O–H groups in total. The van der Waals surface area contributed by atoms with Crippen molar-refractivity contribution in [1.29, 1.82) is 0 Å². The van der Waals surface area contributed by atoms with Crippen LogP contribution in [-0.2, 0) is 22.7 Å². The van der Waals surface area contributed by atoms with Gasteiger partial charge in [0.25, 0.3) is 11.8 Å². The Labute approximate surface area is 165 Å². The smallest absolute Gasteiger partial charge is 0.331 e. The van der Waals surface area contributed by atoms with Gasteiger partial charge in [-0.25, -0.2) is 9.18 Å². The van der Waals surface area contributed by atoms with E-state index in [9.17, 15) is 18.8 Å². The number of carbonyl (C=O) groups excluding carboxylic acids is 3. The van der Waals surface area contributed by atoms with Crippen LogP contribution in [0.15, 0.2) is 71.0 Å². The first-order chi connectivity index (χ1) is 14.0. The Morgan fingerprint density at radius 2 is 1.83 bits per heavy atom. The molecule has 1 aliphatic rings.